The number of nitrogens with one attached hydrogen (secondary N) is 1. The van der Waals surface area contributed by atoms with Gasteiger partial charge in [0.15, 0.2) is 0 Å². The molecule has 4 heteroatoms. The van der Waals surface area contributed by atoms with Gasteiger partial charge in [0, 0.05) is 17.8 Å². The van der Waals surface area contributed by atoms with Gasteiger partial charge in [-0.05, 0) is 36.8 Å². The van der Waals surface area contributed by atoms with Crippen molar-refractivity contribution in [2.75, 3.05) is 12.3 Å². The summed E-state index contributed by atoms with van der Waals surface area (Å²) >= 11 is 0. The Morgan fingerprint density at radius 3 is 2.89 bits per heavy atom. The Morgan fingerprint density at radius 2 is 2.26 bits per heavy atom. The van der Waals surface area contributed by atoms with Crippen LogP contribution in [0.1, 0.15) is 49.2 Å². The summed E-state index contributed by atoms with van der Waals surface area (Å²) in [5.74, 6) is 1.71. The van der Waals surface area contributed by atoms with Crippen LogP contribution in [0, 0.1) is 11.8 Å². The second-order valence-corrected chi connectivity index (χ2v) is 5.50. The molecule has 19 heavy (non-hydrogen) atoms. The summed E-state index contributed by atoms with van der Waals surface area (Å²) in [5, 5.41) is 3.03. The molecule has 1 saturated carbocycles. The number of aromatic nitrogens is 1. The van der Waals surface area contributed by atoms with Crippen molar-refractivity contribution in [3.05, 3.63) is 23.4 Å². The summed E-state index contributed by atoms with van der Waals surface area (Å²) in [7, 11) is 0. The lowest BCUT2D eigenvalue weighted by Gasteiger charge is -2.16. The number of nitrogens with two attached hydrogens (primary N) is 1. The second kappa shape index (κ2) is 6.04. The first-order valence-corrected chi connectivity index (χ1v) is 7.14. The van der Waals surface area contributed by atoms with Gasteiger partial charge in [-0.2, -0.15) is 0 Å². The molecule has 0 saturated heterocycles. The highest BCUT2D eigenvalue weighted by Crippen LogP contribution is 2.30. The van der Waals surface area contributed by atoms with E-state index in [1.54, 1.807) is 6.07 Å². The molecule has 1 aromatic rings. The van der Waals surface area contributed by atoms with Crippen LogP contribution in [0.3, 0.4) is 0 Å². The molecular formula is C15H23N3O. The van der Waals surface area contributed by atoms with Gasteiger partial charge in [-0.15, -0.1) is 0 Å². The van der Waals surface area contributed by atoms with Crippen LogP contribution in [-0.2, 0) is 6.42 Å². The Labute approximate surface area is 114 Å². The molecule has 1 aliphatic carbocycles. The molecule has 1 heterocycles. The zero-order chi connectivity index (χ0) is 13.8. The van der Waals surface area contributed by atoms with E-state index in [-0.39, 0.29) is 5.91 Å². The molecular weight excluding hydrogens is 238 g/mol. The highest BCUT2D eigenvalue weighted by atomic mass is 16.1. The number of anilines is 1. The molecule has 1 amide bonds. The van der Waals surface area contributed by atoms with Crippen molar-refractivity contribution >= 4 is 11.7 Å². The molecule has 0 aromatic carbocycles. The fourth-order valence-electron chi connectivity index (χ4n) is 2.77. The van der Waals surface area contributed by atoms with Crippen LogP contribution in [0.4, 0.5) is 5.82 Å². The smallest absolute Gasteiger partial charge is 0.251 e. The summed E-state index contributed by atoms with van der Waals surface area (Å²) in [6.07, 6.45) is 4.57. The Hall–Kier alpha value is -1.58. The molecule has 1 aromatic heterocycles. The van der Waals surface area contributed by atoms with Gasteiger partial charge in [-0.3, -0.25) is 4.79 Å². The summed E-state index contributed by atoms with van der Waals surface area (Å²) in [6.45, 7) is 5.04. The van der Waals surface area contributed by atoms with Gasteiger partial charge in [-0.1, -0.05) is 26.7 Å². The van der Waals surface area contributed by atoms with E-state index in [1.165, 1.54) is 19.3 Å². The van der Waals surface area contributed by atoms with Gasteiger partial charge in [0.1, 0.15) is 5.82 Å². The number of nitrogen functional groups attached to an aromatic ring is 1. The maximum atomic E-state index is 12.1. The van der Waals surface area contributed by atoms with Gasteiger partial charge in [0.25, 0.3) is 5.91 Å². The van der Waals surface area contributed by atoms with Gasteiger partial charge < -0.3 is 11.1 Å². The summed E-state index contributed by atoms with van der Waals surface area (Å²) in [5.41, 5.74) is 7.20. The zero-order valence-electron chi connectivity index (χ0n) is 11.8. The van der Waals surface area contributed by atoms with Crippen LogP contribution >= 0.6 is 0 Å². The Bertz CT molecular complexity index is 459. The van der Waals surface area contributed by atoms with Crippen molar-refractivity contribution < 1.29 is 4.79 Å². The Morgan fingerprint density at radius 1 is 1.47 bits per heavy atom. The fourth-order valence-corrected chi connectivity index (χ4v) is 2.77. The van der Waals surface area contributed by atoms with Crippen LogP contribution in [0.25, 0.3) is 0 Å². The maximum Gasteiger partial charge on any atom is 0.251 e. The quantitative estimate of drug-likeness (QED) is 0.874. The predicted molar refractivity (Wildman–Crippen MR) is 76.9 cm³/mol. The van der Waals surface area contributed by atoms with E-state index >= 15 is 0 Å². The first-order chi connectivity index (χ1) is 9.10. The van der Waals surface area contributed by atoms with Crippen molar-refractivity contribution in [3.63, 3.8) is 0 Å². The molecule has 0 aliphatic heterocycles. The van der Waals surface area contributed by atoms with E-state index in [4.69, 9.17) is 5.73 Å². The number of rotatable bonds is 4. The average Bonchev–Trinajstić information content (AvgIpc) is 2.80. The summed E-state index contributed by atoms with van der Waals surface area (Å²) in [4.78, 5) is 16.3. The summed E-state index contributed by atoms with van der Waals surface area (Å²) in [6, 6.07) is 3.47. The first-order valence-electron chi connectivity index (χ1n) is 7.14. The average molecular weight is 261 g/mol. The number of carbonyl (C=O) groups is 1. The van der Waals surface area contributed by atoms with Crippen LogP contribution in [-0.4, -0.2) is 17.4 Å². The molecule has 1 fully saturated rings. The van der Waals surface area contributed by atoms with Gasteiger partial charge in [0.2, 0.25) is 0 Å². The number of pyridine rings is 1. The van der Waals surface area contributed by atoms with E-state index in [0.717, 1.165) is 18.7 Å². The number of nitrogens with zero attached hydrogens (tertiary/aromatic N) is 1. The number of amides is 1. The monoisotopic (exact) mass is 261 g/mol. The highest BCUT2D eigenvalue weighted by molar-refractivity contribution is 5.94. The van der Waals surface area contributed by atoms with Crippen molar-refractivity contribution in [3.8, 4) is 0 Å². The molecule has 2 atom stereocenters. The van der Waals surface area contributed by atoms with E-state index in [0.29, 0.717) is 23.2 Å². The number of aryl methyl sites for hydroxylation is 1. The number of hydrogen-bond acceptors (Lipinski definition) is 3. The Kier molecular flexibility index (Phi) is 4.40. The third kappa shape index (κ3) is 3.46. The minimum atomic E-state index is -0.0390. The van der Waals surface area contributed by atoms with E-state index in [2.05, 4.69) is 17.2 Å². The van der Waals surface area contributed by atoms with Crippen molar-refractivity contribution in [2.24, 2.45) is 11.8 Å². The fraction of sp³-hybridized carbons (Fsp3) is 0.600. The Balaban J connectivity index is 1.97. The van der Waals surface area contributed by atoms with Crippen LogP contribution in [0.15, 0.2) is 12.1 Å². The third-order valence-electron chi connectivity index (χ3n) is 4.09. The lowest BCUT2D eigenvalue weighted by molar-refractivity contribution is 0.0944. The van der Waals surface area contributed by atoms with E-state index < -0.39 is 0 Å². The van der Waals surface area contributed by atoms with Crippen molar-refractivity contribution in [1.29, 1.82) is 0 Å². The number of hydrogen-bond donors (Lipinski definition) is 2. The number of carbonyl (C=O) groups excluding carboxylic acids is 1. The predicted octanol–water partition coefficient (Wildman–Crippen LogP) is 2.39. The lowest BCUT2D eigenvalue weighted by Crippen LogP contribution is -2.30. The zero-order valence-corrected chi connectivity index (χ0v) is 11.8. The standard InChI is InChI=1S/C15H23N3O/c1-3-13-7-12(8-14(16)18-13)15(19)17-9-11-6-4-5-10(11)2/h7-8,10-11H,3-6,9H2,1-2H3,(H2,16,18)(H,17,19). The van der Waals surface area contributed by atoms with E-state index in [1.807, 2.05) is 13.0 Å². The molecule has 1 aliphatic rings. The minimum Gasteiger partial charge on any atom is -0.384 e. The van der Waals surface area contributed by atoms with Gasteiger partial charge in [-0.25, -0.2) is 4.98 Å². The molecule has 2 unspecified atom stereocenters. The van der Waals surface area contributed by atoms with Crippen molar-refractivity contribution in [2.45, 2.75) is 39.5 Å². The highest BCUT2D eigenvalue weighted by Gasteiger charge is 2.23. The summed E-state index contributed by atoms with van der Waals surface area (Å²) < 4.78 is 0. The largest absolute Gasteiger partial charge is 0.384 e. The molecule has 0 radical (unpaired) electrons. The topological polar surface area (TPSA) is 68.0 Å². The minimum absolute atomic E-state index is 0.0390. The molecule has 0 bridgehead atoms. The molecule has 104 valence electrons. The first kappa shape index (κ1) is 13.8. The van der Waals surface area contributed by atoms with Gasteiger partial charge in [0.05, 0.1) is 0 Å². The lowest BCUT2D eigenvalue weighted by atomic mass is 9.98. The normalized spacial score (nSPS) is 22.4. The molecule has 3 N–H and O–H groups in total. The van der Waals surface area contributed by atoms with Crippen LogP contribution in [0.5, 0.6) is 0 Å². The maximum absolute atomic E-state index is 12.1. The SMILES string of the molecule is CCc1cc(C(=O)NCC2CCCC2C)cc(N)n1. The van der Waals surface area contributed by atoms with Crippen molar-refractivity contribution in [1.82, 2.24) is 10.3 Å². The van der Waals surface area contributed by atoms with Crippen LogP contribution < -0.4 is 11.1 Å². The van der Waals surface area contributed by atoms with Crippen LogP contribution in [0.2, 0.25) is 0 Å². The van der Waals surface area contributed by atoms with E-state index in [9.17, 15) is 4.79 Å². The molecule has 0 spiro atoms. The second-order valence-electron chi connectivity index (χ2n) is 5.50. The molecule has 4 nitrogen and oxygen atoms in total. The third-order valence-corrected chi connectivity index (χ3v) is 4.09. The molecule has 2 rings (SSSR count). The van der Waals surface area contributed by atoms with Gasteiger partial charge >= 0.3 is 0 Å².